The summed E-state index contributed by atoms with van der Waals surface area (Å²) in [6.07, 6.45) is 4.16. The molecule has 1 aromatic rings. The molecule has 0 aliphatic heterocycles. The zero-order valence-electron chi connectivity index (χ0n) is 11.0. The molecule has 0 heterocycles. The normalized spacial score (nSPS) is 24.2. The summed E-state index contributed by atoms with van der Waals surface area (Å²) in [5.74, 6) is -1.12. The van der Waals surface area contributed by atoms with Crippen LogP contribution in [0, 0.1) is 23.0 Å². The van der Waals surface area contributed by atoms with E-state index in [1.54, 1.807) is 6.07 Å². The molecule has 1 aliphatic carbocycles. The highest BCUT2D eigenvalue weighted by Gasteiger charge is 2.37. The highest BCUT2D eigenvalue weighted by atomic mass is 19.2. The summed E-state index contributed by atoms with van der Waals surface area (Å²) >= 11 is 0. The van der Waals surface area contributed by atoms with Crippen molar-refractivity contribution >= 4 is 0 Å². The molecular formula is C15H21F2N. The van der Waals surface area contributed by atoms with E-state index in [1.165, 1.54) is 25.0 Å². The van der Waals surface area contributed by atoms with Gasteiger partial charge in [-0.2, -0.15) is 0 Å². The van der Waals surface area contributed by atoms with E-state index in [0.717, 1.165) is 12.0 Å². The largest absolute Gasteiger partial charge is 0.327 e. The van der Waals surface area contributed by atoms with Crippen molar-refractivity contribution < 1.29 is 8.78 Å². The van der Waals surface area contributed by atoms with E-state index in [0.29, 0.717) is 12.3 Å². The van der Waals surface area contributed by atoms with Gasteiger partial charge in [-0.05, 0) is 48.3 Å². The first-order valence-corrected chi connectivity index (χ1v) is 6.59. The van der Waals surface area contributed by atoms with Crippen molar-refractivity contribution in [2.75, 3.05) is 0 Å². The van der Waals surface area contributed by atoms with Crippen LogP contribution in [0.15, 0.2) is 18.2 Å². The van der Waals surface area contributed by atoms with Gasteiger partial charge in [-0.25, -0.2) is 8.78 Å². The summed E-state index contributed by atoms with van der Waals surface area (Å²) in [5, 5.41) is 0. The topological polar surface area (TPSA) is 26.0 Å². The van der Waals surface area contributed by atoms with E-state index in [9.17, 15) is 8.78 Å². The Labute approximate surface area is 107 Å². The minimum absolute atomic E-state index is 0.0207. The summed E-state index contributed by atoms with van der Waals surface area (Å²) in [4.78, 5) is 0. The zero-order chi connectivity index (χ0) is 13.3. The summed E-state index contributed by atoms with van der Waals surface area (Å²) < 4.78 is 26.0. The molecule has 18 heavy (non-hydrogen) atoms. The highest BCUT2D eigenvalue weighted by molar-refractivity contribution is 5.19. The maximum Gasteiger partial charge on any atom is 0.159 e. The van der Waals surface area contributed by atoms with Crippen LogP contribution in [0.5, 0.6) is 0 Å². The van der Waals surface area contributed by atoms with Crippen LogP contribution < -0.4 is 5.73 Å². The third kappa shape index (κ3) is 2.72. The third-order valence-corrected chi connectivity index (χ3v) is 4.31. The lowest BCUT2D eigenvalue weighted by Gasteiger charge is -2.32. The molecule has 0 bridgehead atoms. The molecular weight excluding hydrogens is 232 g/mol. The average molecular weight is 253 g/mol. The van der Waals surface area contributed by atoms with E-state index in [-0.39, 0.29) is 11.5 Å². The smallest absolute Gasteiger partial charge is 0.159 e. The Balaban J connectivity index is 2.07. The van der Waals surface area contributed by atoms with Crippen LogP contribution in [0.4, 0.5) is 8.78 Å². The number of nitrogens with two attached hydrogens (primary N) is 1. The lowest BCUT2D eigenvalue weighted by atomic mass is 9.76. The molecule has 100 valence electrons. The zero-order valence-corrected chi connectivity index (χ0v) is 11.0. The Morgan fingerprint density at radius 2 is 2.06 bits per heavy atom. The van der Waals surface area contributed by atoms with Crippen LogP contribution in [0.2, 0.25) is 0 Å². The van der Waals surface area contributed by atoms with Crippen LogP contribution in [-0.2, 0) is 6.42 Å². The van der Waals surface area contributed by atoms with Gasteiger partial charge in [0, 0.05) is 6.04 Å². The first kappa shape index (κ1) is 13.5. The molecule has 0 radical (unpaired) electrons. The van der Waals surface area contributed by atoms with E-state index in [2.05, 4.69) is 13.8 Å². The first-order chi connectivity index (χ1) is 8.40. The lowest BCUT2D eigenvalue weighted by molar-refractivity contribution is 0.220. The van der Waals surface area contributed by atoms with Crippen molar-refractivity contribution in [1.82, 2.24) is 0 Å². The van der Waals surface area contributed by atoms with Gasteiger partial charge < -0.3 is 5.73 Å². The van der Waals surface area contributed by atoms with Crippen molar-refractivity contribution in [2.45, 2.75) is 45.6 Å². The molecule has 0 amide bonds. The fraction of sp³-hybridized carbons (Fsp3) is 0.600. The van der Waals surface area contributed by atoms with Gasteiger partial charge in [0.2, 0.25) is 0 Å². The van der Waals surface area contributed by atoms with Crippen molar-refractivity contribution in [2.24, 2.45) is 17.1 Å². The summed E-state index contributed by atoms with van der Waals surface area (Å²) in [6.45, 7) is 4.49. The van der Waals surface area contributed by atoms with Gasteiger partial charge in [-0.15, -0.1) is 0 Å². The number of halogens is 2. The van der Waals surface area contributed by atoms with Crippen molar-refractivity contribution in [3.8, 4) is 0 Å². The molecule has 1 nitrogen and oxygen atoms in total. The summed E-state index contributed by atoms with van der Waals surface area (Å²) in [7, 11) is 0. The molecule has 1 aromatic carbocycles. The average Bonchev–Trinajstić information content (AvgIpc) is 2.63. The monoisotopic (exact) mass is 253 g/mol. The van der Waals surface area contributed by atoms with Gasteiger partial charge in [0.1, 0.15) is 0 Å². The third-order valence-electron chi connectivity index (χ3n) is 4.31. The van der Waals surface area contributed by atoms with Gasteiger partial charge in [-0.3, -0.25) is 0 Å². The Kier molecular flexibility index (Phi) is 3.71. The van der Waals surface area contributed by atoms with Gasteiger partial charge in [0.25, 0.3) is 0 Å². The quantitative estimate of drug-likeness (QED) is 0.874. The molecule has 0 saturated heterocycles. The second kappa shape index (κ2) is 4.96. The van der Waals surface area contributed by atoms with Gasteiger partial charge >= 0.3 is 0 Å². The Morgan fingerprint density at radius 1 is 1.33 bits per heavy atom. The highest BCUT2D eigenvalue weighted by Crippen LogP contribution is 2.44. The van der Waals surface area contributed by atoms with Crippen LogP contribution in [0.1, 0.15) is 38.7 Å². The van der Waals surface area contributed by atoms with E-state index in [1.807, 2.05) is 0 Å². The second-order valence-corrected chi connectivity index (χ2v) is 6.10. The van der Waals surface area contributed by atoms with Crippen molar-refractivity contribution in [3.05, 3.63) is 35.4 Å². The van der Waals surface area contributed by atoms with Crippen LogP contribution in [-0.4, -0.2) is 6.04 Å². The van der Waals surface area contributed by atoms with Gasteiger partial charge in [0.05, 0.1) is 0 Å². The van der Waals surface area contributed by atoms with Crippen molar-refractivity contribution in [1.29, 1.82) is 0 Å². The lowest BCUT2D eigenvalue weighted by Crippen LogP contribution is -2.38. The molecule has 1 saturated carbocycles. The number of hydrogen-bond donors (Lipinski definition) is 1. The summed E-state index contributed by atoms with van der Waals surface area (Å²) in [5.41, 5.74) is 7.30. The SMILES string of the molecule is CC1(C)CCCC1C(N)Cc1ccc(F)c(F)c1. The van der Waals surface area contributed by atoms with E-state index >= 15 is 0 Å². The Morgan fingerprint density at radius 3 is 2.61 bits per heavy atom. The van der Waals surface area contributed by atoms with Crippen LogP contribution in [0.25, 0.3) is 0 Å². The maximum atomic E-state index is 13.1. The molecule has 2 N–H and O–H groups in total. The molecule has 0 aromatic heterocycles. The Hall–Kier alpha value is -0.960. The van der Waals surface area contributed by atoms with Crippen LogP contribution in [0.3, 0.4) is 0 Å². The standard InChI is InChI=1S/C15H21F2N/c1-15(2)7-3-4-11(15)14(18)9-10-5-6-12(16)13(17)8-10/h5-6,8,11,14H,3-4,7,9,18H2,1-2H3. The molecule has 2 atom stereocenters. The van der Waals surface area contributed by atoms with E-state index in [4.69, 9.17) is 5.73 Å². The molecule has 0 spiro atoms. The predicted octanol–water partition coefficient (Wildman–Crippen LogP) is 3.66. The predicted molar refractivity (Wildman–Crippen MR) is 69.2 cm³/mol. The molecule has 1 aliphatic rings. The Bertz CT molecular complexity index is 429. The number of hydrogen-bond acceptors (Lipinski definition) is 1. The number of rotatable bonds is 3. The summed E-state index contributed by atoms with van der Waals surface area (Å²) in [6, 6.07) is 4.08. The number of benzene rings is 1. The van der Waals surface area contributed by atoms with Gasteiger partial charge in [-0.1, -0.05) is 26.3 Å². The fourth-order valence-corrected chi connectivity index (χ4v) is 3.23. The maximum absolute atomic E-state index is 13.1. The molecule has 3 heteroatoms. The second-order valence-electron chi connectivity index (χ2n) is 6.10. The minimum Gasteiger partial charge on any atom is -0.327 e. The minimum atomic E-state index is -0.798. The van der Waals surface area contributed by atoms with Crippen LogP contribution >= 0.6 is 0 Å². The first-order valence-electron chi connectivity index (χ1n) is 6.59. The van der Waals surface area contributed by atoms with Gasteiger partial charge in [0.15, 0.2) is 11.6 Å². The fourth-order valence-electron chi connectivity index (χ4n) is 3.23. The van der Waals surface area contributed by atoms with E-state index < -0.39 is 11.6 Å². The van der Waals surface area contributed by atoms with Crippen molar-refractivity contribution in [3.63, 3.8) is 0 Å². The molecule has 2 unspecified atom stereocenters. The molecule has 2 rings (SSSR count). The molecule has 1 fully saturated rings.